The van der Waals surface area contributed by atoms with Gasteiger partial charge in [-0.15, -0.1) is 13.2 Å². The largest absolute Gasteiger partial charge is 0.573 e. The van der Waals surface area contributed by atoms with E-state index in [1.807, 2.05) is 6.07 Å². The van der Waals surface area contributed by atoms with E-state index in [0.29, 0.717) is 11.3 Å². The second kappa shape index (κ2) is 8.63. The maximum absolute atomic E-state index is 12.8. The van der Waals surface area contributed by atoms with Crippen molar-refractivity contribution in [3.8, 4) is 16.9 Å². The molecule has 1 aliphatic heterocycles. The first-order chi connectivity index (χ1) is 14.9. The van der Waals surface area contributed by atoms with Gasteiger partial charge in [-0.3, -0.25) is 4.79 Å². The third-order valence-corrected chi connectivity index (χ3v) is 4.92. The van der Waals surface area contributed by atoms with Crippen LogP contribution in [0.3, 0.4) is 0 Å². The Morgan fingerprint density at radius 3 is 2.32 bits per heavy atom. The highest BCUT2D eigenvalue weighted by Gasteiger charge is 2.31. The van der Waals surface area contributed by atoms with Gasteiger partial charge in [-0.05, 0) is 55.3 Å². The van der Waals surface area contributed by atoms with Crippen LogP contribution >= 0.6 is 0 Å². The Hall–Kier alpha value is -3.62. The topological polar surface area (TPSA) is 67.3 Å². The third-order valence-electron chi connectivity index (χ3n) is 4.92. The molecule has 1 aliphatic rings. The summed E-state index contributed by atoms with van der Waals surface area (Å²) in [7, 11) is 0. The molecule has 1 fully saturated rings. The van der Waals surface area contributed by atoms with Gasteiger partial charge < -0.3 is 15.0 Å². The molecule has 0 unspecified atom stereocenters. The number of rotatable bonds is 5. The molecule has 0 atom stereocenters. The second-order valence-corrected chi connectivity index (χ2v) is 7.08. The van der Waals surface area contributed by atoms with Crippen LogP contribution in [0.15, 0.2) is 61.2 Å². The van der Waals surface area contributed by atoms with E-state index in [1.54, 1.807) is 24.5 Å². The van der Waals surface area contributed by atoms with Gasteiger partial charge in [0.05, 0.1) is 0 Å². The van der Waals surface area contributed by atoms with Gasteiger partial charge in [0.2, 0.25) is 0 Å². The monoisotopic (exact) mass is 428 g/mol. The van der Waals surface area contributed by atoms with Crippen LogP contribution in [0, 0.1) is 0 Å². The fraction of sp³-hybridized carbons (Fsp3) is 0.227. The number of nitrogens with one attached hydrogen (secondary N) is 1. The molecular formula is C22H19F3N4O2. The number of hydrogen-bond acceptors (Lipinski definition) is 5. The molecule has 1 amide bonds. The lowest BCUT2D eigenvalue weighted by Gasteiger charge is -2.22. The van der Waals surface area contributed by atoms with Crippen LogP contribution in [-0.4, -0.2) is 35.3 Å². The van der Waals surface area contributed by atoms with Gasteiger partial charge in [-0.2, -0.15) is 0 Å². The zero-order valence-corrected chi connectivity index (χ0v) is 16.4. The summed E-state index contributed by atoms with van der Waals surface area (Å²) >= 11 is 0. The smallest absolute Gasteiger partial charge is 0.406 e. The zero-order chi connectivity index (χ0) is 21.8. The molecule has 9 heteroatoms. The second-order valence-electron chi connectivity index (χ2n) is 7.08. The molecule has 3 aromatic rings. The Labute approximate surface area is 176 Å². The van der Waals surface area contributed by atoms with Crippen molar-refractivity contribution < 1.29 is 22.7 Å². The summed E-state index contributed by atoms with van der Waals surface area (Å²) in [5.41, 5.74) is 3.43. The normalized spacial score (nSPS) is 13.8. The predicted molar refractivity (Wildman–Crippen MR) is 110 cm³/mol. The van der Waals surface area contributed by atoms with E-state index in [4.69, 9.17) is 0 Å². The van der Waals surface area contributed by atoms with Crippen LogP contribution < -0.4 is 15.0 Å². The van der Waals surface area contributed by atoms with Crippen LogP contribution in [0.25, 0.3) is 11.1 Å². The number of alkyl halides is 3. The van der Waals surface area contributed by atoms with Crippen LogP contribution in [0.2, 0.25) is 0 Å². The highest BCUT2D eigenvalue weighted by atomic mass is 19.4. The minimum Gasteiger partial charge on any atom is -0.406 e. The SMILES string of the molecule is O=C(Nc1ccc(OC(F)(F)F)cc1)c1ccc(N2CCCC2)c(-c2cncnc2)c1. The summed E-state index contributed by atoms with van der Waals surface area (Å²) in [6, 6.07) is 10.4. The summed E-state index contributed by atoms with van der Waals surface area (Å²) in [4.78, 5) is 23.2. The molecule has 31 heavy (non-hydrogen) atoms. The Morgan fingerprint density at radius 2 is 1.68 bits per heavy atom. The van der Waals surface area contributed by atoms with Crippen molar-refractivity contribution in [2.24, 2.45) is 0 Å². The molecule has 2 heterocycles. The molecule has 0 spiro atoms. The maximum atomic E-state index is 12.8. The Bertz CT molecular complexity index is 1050. The summed E-state index contributed by atoms with van der Waals surface area (Å²) in [5, 5.41) is 2.70. The van der Waals surface area contributed by atoms with Crippen LogP contribution in [0.4, 0.5) is 24.5 Å². The first-order valence-electron chi connectivity index (χ1n) is 9.70. The number of benzene rings is 2. The molecule has 1 N–H and O–H groups in total. The average Bonchev–Trinajstić information content (AvgIpc) is 3.29. The lowest BCUT2D eigenvalue weighted by Crippen LogP contribution is -2.19. The molecule has 0 saturated carbocycles. The summed E-state index contributed by atoms with van der Waals surface area (Å²) in [6.07, 6.45) is 2.30. The number of nitrogens with zero attached hydrogens (tertiary/aromatic N) is 3. The van der Waals surface area contributed by atoms with Crippen molar-refractivity contribution in [3.63, 3.8) is 0 Å². The van der Waals surface area contributed by atoms with Gasteiger partial charge in [-0.1, -0.05) is 0 Å². The summed E-state index contributed by atoms with van der Waals surface area (Å²) in [5.74, 6) is -0.734. The lowest BCUT2D eigenvalue weighted by molar-refractivity contribution is -0.274. The molecule has 0 bridgehead atoms. The van der Waals surface area contributed by atoms with Gasteiger partial charge in [0.15, 0.2) is 0 Å². The first kappa shape index (κ1) is 20.6. The van der Waals surface area contributed by atoms with Gasteiger partial charge in [0, 0.05) is 53.5 Å². The zero-order valence-electron chi connectivity index (χ0n) is 16.4. The first-order valence-corrected chi connectivity index (χ1v) is 9.70. The number of halogens is 3. The van der Waals surface area contributed by atoms with E-state index in [1.165, 1.54) is 18.5 Å². The fourth-order valence-electron chi connectivity index (χ4n) is 3.52. The molecule has 6 nitrogen and oxygen atoms in total. The highest BCUT2D eigenvalue weighted by molar-refractivity contribution is 6.05. The van der Waals surface area contributed by atoms with Gasteiger partial charge in [-0.25, -0.2) is 9.97 Å². The summed E-state index contributed by atoms with van der Waals surface area (Å²) < 4.78 is 40.7. The number of carbonyl (C=O) groups excluding carboxylic acids is 1. The molecule has 2 aromatic carbocycles. The third kappa shape index (κ3) is 5.11. The van der Waals surface area contributed by atoms with E-state index < -0.39 is 6.36 Å². The van der Waals surface area contributed by atoms with E-state index >= 15 is 0 Å². The van der Waals surface area contributed by atoms with Crippen LogP contribution in [0.5, 0.6) is 5.75 Å². The Morgan fingerprint density at radius 1 is 1.00 bits per heavy atom. The van der Waals surface area contributed by atoms with Gasteiger partial charge >= 0.3 is 6.36 Å². The minimum atomic E-state index is -4.76. The molecule has 0 aliphatic carbocycles. The van der Waals surface area contributed by atoms with Gasteiger partial charge in [0.1, 0.15) is 12.1 Å². The molecule has 1 saturated heterocycles. The van der Waals surface area contributed by atoms with Crippen LogP contribution in [-0.2, 0) is 0 Å². The number of anilines is 2. The predicted octanol–water partition coefficient (Wildman–Crippen LogP) is 4.89. The standard InChI is InChI=1S/C22H19F3N4O2/c23-22(24,25)31-18-6-4-17(5-7-18)28-21(30)15-3-8-20(29-9-1-2-10-29)19(11-15)16-12-26-14-27-13-16/h3-8,11-14H,1-2,9-10H2,(H,28,30). The molecule has 1 aromatic heterocycles. The number of ether oxygens (including phenoxy) is 1. The number of amides is 1. The van der Waals surface area contributed by atoms with Gasteiger partial charge in [0.25, 0.3) is 5.91 Å². The summed E-state index contributed by atoms with van der Waals surface area (Å²) in [6.45, 7) is 1.89. The van der Waals surface area contributed by atoms with E-state index in [-0.39, 0.29) is 11.7 Å². The van der Waals surface area contributed by atoms with Crippen molar-refractivity contribution in [2.45, 2.75) is 19.2 Å². The lowest BCUT2D eigenvalue weighted by atomic mass is 10.0. The molecular weight excluding hydrogens is 409 g/mol. The van der Waals surface area contributed by atoms with Crippen molar-refractivity contribution in [1.29, 1.82) is 0 Å². The number of hydrogen-bond donors (Lipinski definition) is 1. The van der Waals surface area contributed by atoms with E-state index in [0.717, 1.165) is 54.9 Å². The number of aromatic nitrogens is 2. The highest BCUT2D eigenvalue weighted by Crippen LogP contribution is 2.33. The maximum Gasteiger partial charge on any atom is 0.573 e. The quantitative estimate of drug-likeness (QED) is 0.627. The van der Waals surface area contributed by atoms with Crippen LogP contribution in [0.1, 0.15) is 23.2 Å². The van der Waals surface area contributed by atoms with Crippen molar-refractivity contribution in [2.75, 3.05) is 23.3 Å². The Balaban J connectivity index is 1.57. The van der Waals surface area contributed by atoms with E-state index in [2.05, 4.69) is 24.9 Å². The molecule has 4 rings (SSSR count). The fourth-order valence-corrected chi connectivity index (χ4v) is 3.52. The van der Waals surface area contributed by atoms with E-state index in [9.17, 15) is 18.0 Å². The van der Waals surface area contributed by atoms with Crippen molar-refractivity contribution in [3.05, 3.63) is 66.7 Å². The minimum absolute atomic E-state index is 0.354. The van der Waals surface area contributed by atoms with Crippen molar-refractivity contribution in [1.82, 2.24) is 9.97 Å². The molecule has 0 radical (unpaired) electrons. The van der Waals surface area contributed by atoms with Crippen molar-refractivity contribution >= 4 is 17.3 Å². The Kier molecular flexibility index (Phi) is 5.75. The number of carbonyl (C=O) groups is 1. The molecule has 160 valence electrons. The average molecular weight is 428 g/mol.